The number of hydrogen-bond donors (Lipinski definition) is 1. The number of nitrogens with one attached hydrogen (secondary N) is 1. The van der Waals surface area contributed by atoms with Gasteiger partial charge >= 0.3 is 0 Å². The summed E-state index contributed by atoms with van der Waals surface area (Å²) in [5.41, 5.74) is 0.326. The van der Waals surface area contributed by atoms with E-state index in [1.165, 1.54) is 14.2 Å². The van der Waals surface area contributed by atoms with Crippen LogP contribution in [0.1, 0.15) is 48.5 Å². The van der Waals surface area contributed by atoms with Crippen LogP contribution in [-0.2, 0) is 16.1 Å². The van der Waals surface area contributed by atoms with E-state index in [4.69, 9.17) is 23.7 Å². The van der Waals surface area contributed by atoms with E-state index in [1.54, 1.807) is 23.1 Å². The molecule has 1 aliphatic carbocycles. The predicted molar refractivity (Wildman–Crippen MR) is 130 cm³/mol. The van der Waals surface area contributed by atoms with Crippen molar-refractivity contribution in [3.63, 3.8) is 0 Å². The highest BCUT2D eigenvalue weighted by Crippen LogP contribution is 2.44. The average molecular weight is 497 g/mol. The van der Waals surface area contributed by atoms with Crippen LogP contribution in [0, 0.1) is 5.92 Å². The highest BCUT2D eigenvalue weighted by Gasteiger charge is 2.54. The zero-order chi connectivity index (χ0) is 25.3. The van der Waals surface area contributed by atoms with Crippen molar-refractivity contribution >= 4 is 11.8 Å². The first-order valence-corrected chi connectivity index (χ1v) is 12.3. The SMILES string of the molecule is COc1cccc(OC)c1C(=O)N1C(C(=O)NCc2ccc3c(c2)OCO3)COC12CCC(C)CC2. The van der Waals surface area contributed by atoms with Gasteiger partial charge in [0.25, 0.3) is 5.91 Å². The van der Waals surface area contributed by atoms with Gasteiger partial charge in [-0.05, 0) is 61.4 Å². The van der Waals surface area contributed by atoms with Gasteiger partial charge in [0.05, 0.1) is 20.8 Å². The molecule has 0 bridgehead atoms. The lowest BCUT2D eigenvalue weighted by Gasteiger charge is -2.43. The molecule has 2 fully saturated rings. The van der Waals surface area contributed by atoms with Gasteiger partial charge in [0, 0.05) is 6.54 Å². The summed E-state index contributed by atoms with van der Waals surface area (Å²) in [7, 11) is 3.03. The van der Waals surface area contributed by atoms with Gasteiger partial charge in [-0.2, -0.15) is 0 Å². The number of benzene rings is 2. The van der Waals surface area contributed by atoms with Crippen LogP contribution in [0.5, 0.6) is 23.0 Å². The van der Waals surface area contributed by atoms with Gasteiger partial charge in [-0.3, -0.25) is 14.5 Å². The lowest BCUT2D eigenvalue weighted by Crippen LogP contribution is -2.56. The number of rotatable bonds is 6. The van der Waals surface area contributed by atoms with Crippen molar-refractivity contribution in [3.05, 3.63) is 47.5 Å². The molecular weight excluding hydrogens is 464 g/mol. The van der Waals surface area contributed by atoms with Crippen molar-refractivity contribution in [2.45, 2.75) is 50.9 Å². The maximum atomic E-state index is 14.2. The van der Waals surface area contributed by atoms with Gasteiger partial charge in [0.1, 0.15) is 28.8 Å². The molecule has 2 amide bonds. The molecule has 2 aromatic carbocycles. The lowest BCUT2D eigenvalue weighted by molar-refractivity contribution is -0.128. The third-order valence-corrected chi connectivity index (χ3v) is 7.38. The molecule has 2 aromatic rings. The maximum Gasteiger partial charge on any atom is 0.264 e. The smallest absolute Gasteiger partial charge is 0.264 e. The molecule has 1 saturated carbocycles. The van der Waals surface area contributed by atoms with E-state index in [0.29, 0.717) is 47.3 Å². The Bertz CT molecular complexity index is 1120. The van der Waals surface area contributed by atoms with E-state index in [2.05, 4.69) is 12.2 Å². The fourth-order valence-electron chi connectivity index (χ4n) is 5.32. The summed E-state index contributed by atoms with van der Waals surface area (Å²) in [6.07, 6.45) is 3.17. The largest absolute Gasteiger partial charge is 0.496 e. The van der Waals surface area contributed by atoms with E-state index in [-0.39, 0.29) is 31.8 Å². The zero-order valence-corrected chi connectivity index (χ0v) is 20.9. The summed E-state index contributed by atoms with van der Waals surface area (Å²) in [6, 6.07) is 9.97. The third-order valence-electron chi connectivity index (χ3n) is 7.38. The fraction of sp³-hybridized carbons (Fsp3) is 0.481. The molecule has 3 aliphatic rings. The molecule has 5 rings (SSSR count). The van der Waals surface area contributed by atoms with Gasteiger partial charge in [0.15, 0.2) is 11.5 Å². The van der Waals surface area contributed by atoms with Crippen LogP contribution in [0.3, 0.4) is 0 Å². The summed E-state index contributed by atoms with van der Waals surface area (Å²) in [6.45, 7) is 2.81. The molecule has 2 heterocycles. The molecule has 0 aromatic heterocycles. The summed E-state index contributed by atoms with van der Waals surface area (Å²) in [5.74, 6) is 2.06. The van der Waals surface area contributed by atoms with Crippen molar-refractivity contribution in [2.75, 3.05) is 27.6 Å². The number of fused-ring (bicyclic) bond motifs is 1. The average Bonchev–Trinajstić information content (AvgIpc) is 3.52. The molecule has 1 unspecified atom stereocenters. The van der Waals surface area contributed by atoms with E-state index < -0.39 is 11.8 Å². The van der Waals surface area contributed by atoms with Crippen molar-refractivity contribution in [3.8, 4) is 23.0 Å². The summed E-state index contributed by atoms with van der Waals surface area (Å²) in [5, 5.41) is 2.98. The number of hydrogen-bond acceptors (Lipinski definition) is 7. The molecule has 36 heavy (non-hydrogen) atoms. The summed E-state index contributed by atoms with van der Waals surface area (Å²) >= 11 is 0. The first-order chi connectivity index (χ1) is 17.5. The van der Waals surface area contributed by atoms with Crippen molar-refractivity contribution in [2.24, 2.45) is 5.92 Å². The minimum atomic E-state index is -0.837. The Hall–Kier alpha value is -3.46. The van der Waals surface area contributed by atoms with Crippen LogP contribution in [0.15, 0.2) is 36.4 Å². The van der Waals surface area contributed by atoms with Crippen LogP contribution in [0.2, 0.25) is 0 Å². The van der Waals surface area contributed by atoms with Crippen LogP contribution in [0.25, 0.3) is 0 Å². The molecule has 2 aliphatic heterocycles. The Morgan fingerprint density at radius 2 is 1.75 bits per heavy atom. The molecule has 1 atom stereocenters. The number of nitrogens with zero attached hydrogens (tertiary/aromatic N) is 1. The highest BCUT2D eigenvalue weighted by atomic mass is 16.7. The van der Waals surface area contributed by atoms with Crippen molar-refractivity contribution in [1.29, 1.82) is 0 Å². The number of carbonyl (C=O) groups excluding carboxylic acids is 2. The Morgan fingerprint density at radius 3 is 2.44 bits per heavy atom. The van der Waals surface area contributed by atoms with Crippen molar-refractivity contribution < 1.29 is 33.3 Å². The molecule has 1 N–H and O–H groups in total. The Kier molecular flexibility index (Phi) is 6.66. The van der Waals surface area contributed by atoms with E-state index >= 15 is 0 Å². The van der Waals surface area contributed by atoms with Gasteiger partial charge in [-0.15, -0.1) is 0 Å². The third kappa shape index (κ3) is 4.32. The highest BCUT2D eigenvalue weighted by molar-refractivity contribution is 6.02. The van der Waals surface area contributed by atoms with E-state index in [0.717, 1.165) is 18.4 Å². The molecule has 0 radical (unpaired) electrons. The normalized spacial score (nSPS) is 24.6. The topological polar surface area (TPSA) is 95.6 Å². The Labute approximate surface area is 210 Å². The van der Waals surface area contributed by atoms with Gasteiger partial charge in [-0.25, -0.2) is 0 Å². The van der Waals surface area contributed by atoms with Gasteiger partial charge in [-0.1, -0.05) is 19.1 Å². The summed E-state index contributed by atoms with van der Waals surface area (Å²) < 4.78 is 28.1. The van der Waals surface area contributed by atoms with Crippen LogP contribution < -0.4 is 24.3 Å². The zero-order valence-electron chi connectivity index (χ0n) is 20.9. The molecule has 192 valence electrons. The Morgan fingerprint density at radius 1 is 1.06 bits per heavy atom. The van der Waals surface area contributed by atoms with Gasteiger partial charge < -0.3 is 29.0 Å². The standard InChI is InChI=1S/C27H32N2O7/c1-17-9-11-27(12-10-17)29(26(31)24-21(32-2)5-4-6-22(24)33-3)19(15-36-27)25(30)28-14-18-7-8-20-23(13-18)35-16-34-20/h4-8,13,17,19H,9-12,14-16H2,1-3H3,(H,28,30). The van der Waals surface area contributed by atoms with E-state index in [1.807, 2.05) is 18.2 Å². The number of methoxy groups -OCH3 is 2. The molecule has 9 nitrogen and oxygen atoms in total. The second kappa shape index (κ2) is 9.89. The first kappa shape index (κ1) is 24.2. The minimum absolute atomic E-state index is 0.130. The van der Waals surface area contributed by atoms with Crippen LogP contribution in [-0.4, -0.2) is 56.1 Å². The summed E-state index contributed by atoms with van der Waals surface area (Å²) in [4.78, 5) is 29.3. The lowest BCUT2D eigenvalue weighted by atomic mass is 9.83. The fourth-order valence-corrected chi connectivity index (χ4v) is 5.32. The number of ether oxygens (including phenoxy) is 5. The Balaban J connectivity index is 1.42. The number of amides is 2. The molecule has 1 saturated heterocycles. The quantitative estimate of drug-likeness (QED) is 0.654. The number of carbonyl (C=O) groups is 2. The molecule has 9 heteroatoms. The van der Waals surface area contributed by atoms with Crippen LogP contribution in [0.4, 0.5) is 0 Å². The predicted octanol–water partition coefficient (Wildman–Crippen LogP) is 3.50. The maximum absolute atomic E-state index is 14.2. The van der Waals surface area contributed by atoms with Crippen molar-refractivity contribution in [1.82, 2.24) is 10.2 Å². The minimum Gasteiger partial charge on any atom is -0.496 e. The second-order valence-corrected chi connectivity index (χ2v) is 9.57. The van der Waals surface area contributed by atoms with Gasteiger partial charge in [0.2, 0.25) is 12.7 Å². The monoisotopic (exact) mass is 496 g/mol. The first-order valence-electron chi connectivity index (χ1n) is 12.3. The molecular formula is C27H32N2O7. The molecule has 1 spiro atoms. The second-order valence-electron chi connectivity index (χ2n) is 9.57. The van der Waals surface area contributed by atoms with Crippen LogP contribution >= 0.6 is 0 Å². The van der Waals surface area contributed by atoms with E-state index in [9.17, 15) is 9.59 Å².